The highest BCUT2D eigenvalue weighted by atomic mass is 15.2. The van der Waals surface area contributed by atoms with Gasteiger partial charge in [0, 0.05) is 66.1 Å². The van der Waals surface area contributed by atoms with Crippen molar-refractivity contribution in [3.05, 3.63) is 552 Å². The lowest BCUT2D eigenvalue weighted by atomic mass is 9.89. The van der Waals surface area contributed by atoms with Gasteiger partial charge in [0.1, 0.15) is 0 Å². The highest BCUT2D eigenvalue weighted by Crippen LogP contribution is 2.54. The van der Waals surface area contributed by atoms with E-state index in [1.165, 1.54) is 202 Å². The molecule has 0 spiro atoms. The van der Waals surface area contributed by atoms with Crippen LogP contribution in [0.3, 0.4) is 0 Å². The third-order valence-corrected chi connectivity index (χ3v) is 27.2. The van der Waals surface area contributed by atoms with Gasteiger partial charge >= 0.3 is 0 Å². The van der Waals surface area contributed by atoms with Gasteiger partial charge in [0.05, 0.1) is 22.7 Å². The molecule has 0 fully saturated rings. The number of hydrogen-bond acceptors (Lipinski definition) is 3. The second kappa shape index (κ2) is 36.3. The molecule has 26 rings (SSSR count). The fourth-order valence-corrected chi connectivity index (χ4v) is 20.8. The molecule has 3 heteroatoms. The van der Waals surface area contributed by atoms with Crippen LogP contribution >= 0.6 is 0 Å². The molecule has 0 radical (unpaired) electrons. The molecule has 0 bridgehead atoms. The molecule has 0 heterocycles. The zero-order valence-corrected chi connectivity index (χ0v) is 75.4. The standard InChI is InChI=1S/C46H31N.C44H29N.C44H31N/c1-2-13-32(14-3-1)34-25-27-36(28-26-34)45-40-20-8-10-22-42(40)46(43-23-11-9-21-41(43)45)47(38-30-29-33-15-4-5-17-37(33)31-38)44-24-12-18-35-16-6-7-19-39(35)44;1-4-14-33-27-36(22-21-30(33)11-1)43-39-17-7-9-19-41(39)44(42-20-10-8-18-40(42)43)45(37-25-23-31-12-2-5-15-34(31)28-37)38-26-24-32-13-3-6-16-35(32)29-38;1-4-14-32(15-5-1)34-24-26-36(27-25-34)43-39-20-10-12-22-41(39)44(42-23-13-11-21-40(42)43)45(37-18-8-3-9-19-37)38-30-28-35(29-31-38)33-16-6-2-7-17-33/h1-31H;1-29H;1-31H. The van der Waals surface area contributed by atoms with E-state index in [9.17, 15) is 0 Å². The van der Waals surface area contributed by atoms with E-state index in [-0.39, 0.29) is 0 Å². The first-order valence-corrected chi connectivity index (χ1v) is 47.2. The molecule has 642 valence electrons. The molecule has 3 nitrogen and oxygen atoms in total. The lowest BCUT2D eigenvalue weighted by molar-refractivity contribution is 1.31. The number of nitrogens with zero attached hydrogens (tertiary/aromatic N) is 3. The predicted molar refractivity (Wildman–Crippen MR) is 589 cm³/mol. The van der Waals surface area contributed by atoms with Gasteiger partial charge in [0.15, 0.2) is 0 Å². The van der Waals surface area contributed by atoms with Gasteiger partial charge in [0.25, 0.3) is 0 Å². The van der Waals surface area contributed by atoms with Gasteiger partial charge in [-0.25, -0.2) is 0 Å². The van der Waals surface area contributed by atoms with Crippen LogP contribution in [0.5, 0.6) is 0 Å². The summed E-state index contributed by atoms with van der Waals surface area (Å²) in [6.45, 7) is 0. The summed E-state index contributed by atoms with van der Waals surface area (Å²) in [7, 11) is 0. The Morgan fingerprint density at radius 1 is 0.102 bits per heavy atom. The first-order chi connectivity index (χ1) is 68.0. The molecular weight excluding hydrogens is 1650 g/mol. The average molecular weight is 1740 g/mol. The molecule has 0 atom stereocenters. The Morgan fingerprint density at radius 3 is 0.672 bits per heavy atom. The lowest BCUT2D eigenvalue weighted by Crippen LogP contribution is -2.12. The second-order valence-electron chi connectivity index (χ2n) is 35.2. The molecule has 0 aliphatic carbocycles. The van der Waals surface area contributed by atoms with Gasteiger partial charge in [0.2, 0.25) is 0 Å². The molecule has 0 amide bonds. The summed E-state index contributed by atoms with van der Waals surface area (Å²) >= 11 is 0. The van der Waals surface area contributed by atoms with Gasteiger partial charge in [-0.05, 0) is 220 Å². The normalized spacial score (nSPS) is 11.4. The van der Waals surface area contributed by atoms with Gasteiger partial charge in [-0.3, -0.25) is 0 Å². The summed E-state index contributed by atoms with van der Waals surface area (Å²) in [5.74, 6) is 0. The van der Waals surface area contributed by atoms with Crippen LogP contribution in [0.25, 0.3) is 185 Å². The molecule has 26 aromatic rings. The van der Waals surface area contributed by atoms with E-state index < -0.39 is 0 Å². The Bertz CT molecular complexity index is 8760. The van der Waals surface area contributed by atoms with Gasteiger partial charge in [-0.2, -0.15) is 0 Å². The van der Waals surface area contributed by atoms with E-state index in [0.717, 1.165) is 34.1 Å². The number of anilines is 9. The molecule has 0 aromatic heterocycles. The molecule has 0 aliphatic heterocycles. The van der Waals surface area contributed by atoms with Crippen LogP contribution in [0, 0.1) is 0 Å². The number of para-hydroxylation sites is 1. The van der Waals surface area contributed by atoms with Crippen LogP contribution in [0.15, 0.2) is 552 Å². The lowest BCUT2D eigenvalue weighted by Gasteiger charge is -2.30. The van der Waals surface area contributed by atoms with Gasteiger partial charge < -0.3 is 14.7 Å². The Hall–Kier alpha value is -18.0. The zero-order valence-electron chi connectivity index (χ0n) is 75.4. The SMILES string of the molecule is c1ccc(-c2ccc(-c3c4ccccc4c(N(c4ccc5ccccc5c4)c4cccc5ccccc45)c4ccccc34)cc2)cc1.c1ccc(-c2ccc(-c3c4ccccc4c(N(c4ccccc4)c4ccc(-c5ccccc5)cc4)c4ccccc34)cc2)cc1.c1ccc2cc(-c3c4ccccc4c(N(c4ccc5ccccc5c4)c4ccc5ccccc5c4)c4ccccc34)ccc2c1. The quantitative estimate of drug-likeness (QED) is 0.0947. The minimum Gasteiger partial charge on any atom is -0.309 e. The number of hydrogen-bond donors (Lipinski definition) is 0. The van der Waals surface area contributed by atoms with Gasteiger partial charge in [-0.15, -0.1) is 0 Å². The summed E-state index contributed by atoms with van der Waals surface area (Å²) in [5.41, 5.74) is 25.1. The number of fused-ring (bicyclic) bond motifs is 11. The molecule has 0 saturated carbocycles. The molecular formula is C134H91N3. The third-order valence-electron chi connectivity index (χ3n) is 27.2. The van der Waals surface area contributed by atoms with Crippen molar-refractivity contribution >= 4 is 170 Å². The summed E-state index contributed by atoms with van der Waals surface area (Å²) in [6.07, 6.45) is 0. The Kier molecular flexibility index (Phi) is 21.8. The van der Waals surface area contributed by atoms with Crippen LogP contribution in [0.2, 0.25) is 0 Å². The van der Waals surface area contributed by atoms with Crippen molar-refractivity contribution in [1.29, 1.82) is 0 Å². The highest BCUT2D eigenvalue weighted by molar-refractivity contribution is 6.26. The Morgan fingerprint density at radius 2 is 0.314 bits per heavy atom. The summed E-state index contributed by atoms with van der Waals surface area (Å²) < 4.78 is 0. The fourth-order valence-electron chi connectivity index (χ4n) is 20.8. The van der Waals surface area contributed by atoms with Crippen LogP contribution in [0.1, 0.15) is 0 Å². The fraction of sp³-hybridized carbons (Fsp3) is 0. The average Bonchev–Trinajstić information content (AvgIpc) is 0.741. The summed E-state index contributed by atoms with van der Waals surface area (Å²) in [4.78, 5) is 7.37. The van der Waals surface area contributed by atoms with E-state index in [4.69, 9.17) is 0 Å². The van der Waals surface area contributed by atoms with Crippen LogP contribution in [-0.4, -0.2) is 0 Å². The van der Waals surface area contributed by atoms with Gasteiger partial charge in [-0.1, -0.05) is 479 Å². The maximum absolute atomic E-state index is 2.49. The van der Waals surface area contributed by atoms with E-state index in [1.807, 2.05) is 0 Å². The third kappa shape index (κ3) is 15.6. The van der Waals surface area contributed by atoms with Crippen LogP contribution in [0.4, 0.5) is 51.2 Å². The first-order valence-electron chi connectivity index (χ1n) is 47.2. The minimum absolute atomic E-state index is 1.12. The maximum atomic E-state index is 2.49. The van der Waals surface area contributed by atoms with E-state index in [0.29, 0.717) is 0 Å². The molecule has 0 unspecified atom stereocenters. The van der Waals surface area contributed by atoms with E-state index >= 15 is 0 Å². The summed E-state index contributed by atoms with van der Waals surface area (Å²) in [6, 6.07) is 200. The number of rotatable bonds is 15. The van der Waals surface area contributed by atoms with Crippen molar-refractivity contribution in [3.8, 4) is 66.8 Å². The van der Waals surface area contributed by atoms with Crippen LogP contribution in [-0.2, 0) is 0 Å². The van der Waals surface area contributed by atoms with Crippen molar-refractivity contribution in [1.82, 2.24) is 0 Å². The highest BCUT2D eigenvalue weighted by Gasteiger charge is 2.28. The van der Waals surface area contributed by atoms with Crippen molar-refractivity contribution in [2.24, 2.45) is 0 Å². The molecule has 137 heavy (non-hydrogen) atoms. The minimum atomic E-state index is 1.12. The first kappa shape index (κ1) is 82.2. The zero-order chi connectivity index (χ0) is 90.9. The van der Waals surface area contributed by atoms with E-state index in [2.05, 4.69) is 567 Å². The second-order valence-corrected chi connectivity index (χ2v) is 35.2. The van der Waals surface area contributed by atoms with Crippen LogP contribution < -0.4 is 14.7 Å². The maximum Gasteiger partial charge on any atom is 0.0619 e. The Balaban J connectivity index is 0.000000112. The van der Waals surface area contributed by atoms with E-state index in [1.54, 1.807) is 0 Å². The molecule has 0 aliphatic rings. The molecule has 0 N–H and O–H groups in total. The largest absolute Gasteiger partial charge is 0.309 e. The smallest absolute Gasteiger partial charge is 0.0619 e. The van der Waals surface area contributed by atoms with Crippen molar-refractivity contribution in [2.45, 2.75) is 0 Å². The summed E-state index contributed by atoms with van der Waals surface area (Å²) in [5, 5.41) is 27.1. The molecule has 26 aromatic carbocycles. The predicted octanol–water partition coefficient (Wildman–Crippen LogP) is 38.2. The monoisotopic (exact) mass is 1740 g/mol. The Labute approximate surface area is 797 Å². The van der Waals surface area contributed by atoms with Crippen molar-refractivity contribution in [3.63, 3.8) is 0 Å². The molecule has 0 saturated heterocycles. The van der Waals surface area contributed by atoms with Crippen molar-refractivity contribution < 1.29 is 0 Å². The number of benzene rings is 26. The van der Waals surface area contributed by atoms with Crippen molar-refractivity contribution in [2.75, 3.05) is 14.7 Å². The topological polar surface area (TPSA) is 9.72 Å².